The Morgan fingerprint density at radius 2 is 1.83 bits per heavy atom. The van der Waals surface area contributed by atoms with Gasteiger partial charge >= 0.3 is 0 Å². The minimum Gasteiger partial charge on any atom is -0.447 e. The van der Waals surface area contributed by atoms with Gasteiger partial charge in [-0.05, 0) is 12.5 Å². The number of nitrogens with zero attached hydrogens (tertiary/aromatic N) is 3. The van der Waals surface area contributed by atoms with Crippen molar-refractivity contribution in [3.63, 3.8) is 0 Å². The predicted molar refractivity (Wildman–Crippen MR) is 80.5 cm³/mol. The Morgan fingerprint density at radius 1 is 1.17 bits per heavy atom. The van der Waals surface area contributed by atoms with Crippen molar-refractivity contribution in [2.45, 2.75) is 31.7 Å². The number of hydrogen-bond acceptors (Lipinski definition) is 5. The van der Waals surface area contributed by atoms with Gasteiger partial charge in [0.25, 0.3) is 0 Å². The Balaban J connectivity index is 2.08. The highest BCUT2D eigenvalue weighted by Crippen LogP contribution is 2.68. The average Bonchev–Trinajstić information content (AvgIpc) is 2.72. The molecule has 1 N–H and O–H groups in total. The van der Waals surface area contributed by atoms with Crippen LogP contribution in [0.15, 0.2) is 35.3 Å². The fraction of sp³-hybridized carbons (Fsp3) is 0.412. The molecule has 6 nitrogen and oxygen atoms in total. The number of amidine groups is 1. The van der Waals surface area contributed by atoms with E-state index in [9.17, 15) is 10.5 Å². The van der Waals surface area contributed by atoms with Crippen molar-refractivity contribution in [1.29, 1.82) is 15.9 Å². The van der Waals surface area contributed by atoms with Crippen LogP contribution in [-0.4, -0.2) is 23.6 Å². The Labute approximate surface area is 133 Å². The molecule has 5 rings (SSSR count). The summed E-state index contributed by atoms with van der Waals surface area (Å²) in [6.07, 6.45) is -0.590. The topological polar surface area (TPSA) is 102 Å². The third-order valence-corrected chi connectivity index (χ3v) is 5.31. The second-order valence-corrected chi connectivity index (χ2v) is 6.33. The van der Waals surface area contributed by atoms with Gasteiger partial charge in [-0.3, -0.25) is 5.41 Å². The maximum atomic E-state index is 10.1. The van der Waals surface area contributed by atoms with Crippen LogP contribution in [0.3, 0.4) is 0 Å². The first-order chi connectivity index (χ1) is 11.0. The van der Waals surface area contributed by atoms with Crippen LogP contribution >= 0.6 is 0 Å². The molecule has 1 aromatic rings. The van der Waals surface area contributed by atoms with Crippen molar-refractivity contribution in [1.82, 2.24) is 0 Å². The van der Waals surface area contributed by atoms with Gasteiger partial charge in [0.2, 0.25) is 11.7 Å². The largest absolute Gasteiger partial charge is 0.447 e. The lowest BCUT2D eigenvalue weighted by Gasteiger charge is -2.60. The maximum absolute atomic E-state index is 10.1. The summed E-state index contributed by atoms with van der Waals surface area (Å²) < 4.78 is 11.9. The van der Waals surface area contributed by atoms with Crippen LogP contribution in [0.4, 0.5) is 0 Å². The molecule has 3 fully saturated rings. The summed E-state index contributed by atoms with van der Waals surface area (Å²) in [6, 6.07) is 13.8. The van der Waals surface area contributed by atoms with E-state index >= 15 is 0 Å². The molecule has 6 heteroatoms. The van der Waals surface area contributed by atoms with Crippen molar-refractivity contribution in [2.24, 2.45) is 15.8 Å². The first kappa shape index (κ1) is 13.9. The first-order valence-electron chi connectivity index (χ1n) is 7.39. The van der Waals surface area contributed by atoms with Crippen LogP contribution in [0.1, 0.15) is 25.3 Å². The van der Waals surface area contributed by atoms with Gasteiger partial charge in [0.05, 0.1) is 24.2 Å². The van der Waals surface area contributed by atoms with Gasteiger partial charge in [0.15, 0.2) is 10.8 Å². The average molecular weight is 306 g/mol. The van der Waals surface area contributed by atoms with E-state index in [0.29, 0.717) is 0 Å². The zero-order valence-corrected chi connectivity index (χ0v) is 12.7. The summed E-state index contributed by atoms with van der Waals surface area (Å²) in [5.41, 5.74) is -2.01. The van der Waals surface area contributed by atoms with E-state index < -0.39 is 28.6 Å². The number of ether oxygens (including phenoxy) is 2. The third kappa shape index (κ3) is 1.24. The molecule has 0 aromatic heterocycles. The molecular weight excluding hydrogens is 292 g/mol. The minimum atomic E-state index is -1.41. The molecule has 4 bridgehead atoms. The van der Waals surface area contributed by atoms with Gasteiger partial charge in [-0.2, -0.15) is 15.5 Å². The highest BCUT2D eigenvalue weighted by molar-refractivity contribution is 6.13. The molecule has 4 heterocycles. The van der Waals surface area contributed by atoms with Crippen molar-refractivity contribution in [3.8, 4) is 12.1 Å². The molecule has 0 amide bonds. The van der Waals surface area contributed by atoms with Crippen molar-refractivity contribution >= 4 is 11.7 Å². The molecule has 0 radical (unpaired) electrons. The van der Waals surface area contributed by atoms with Crippen LogP contribution in [-0.2, 0) is 9.47 Å². The van der Waals surface area contributed by atoms with Crippen LogP contribution in [0.5, 0.6) is 0 Å². The fourth-order valence-electron chi connectivity index (χ4n) is 4.40. The number of rotatable bonds is 1. The summed E-state index contributed by atoms with van der Waals surface area (Å²) in [4.78, 5) is 4.14. The quantitative estimate of drug-likeness (QED) is 0.860. The molecular formula is C17H14N4O2. The van der Waals surface area contributed by atoms with Crippen molar-refractivity contribution in [3.05, 3.63) is 35.9 Å². The molecule has 23 heavy (non-hydrogen) atoms. The van der Waals surface area contributed by atoms with Gasteiger partial charge in [-0.25, -0.2) is 0 Å². The maximum Gasteiger partial charge on any atom is 0.218 e. The number of hydrogen-bond donors (Lipinski definition) is 1. The summed E-state index contributed by atoms with van der Waals surface area (Å²) in [5.74, 6) is -1.74. The van der Waals surface area contributed by atoms with Gasteiger partial charge < -0.3 is 9.47 Å². The van der Waals surface area contributed by atoms with Gasteiger partial charge in [-0.15, -0.1) is 0 Å². The molecule has 4 aliphatic heterocycles. The van der Waals surface area contributed by atoms with E-state index in [-0.39, 0.29) is 11.7 Å². The van der Waals surface area contributed by atoms with Crippen molar-refractivity contribution < 1.29 is 9.47 Å². The Morgan fingerprint density at radius 3 is 2.43 bits per heavy atom. The SMILES string of the molecule is C[C@H]1O[C@@]2(C)OC3=NC(=N)[C@@](C#N)([C@H]2c2ccccc2)[C@]31C#N. The normalized spacial score (nSPS) is 43.3. The molecule has 114 valence electrons. The van der Waals surface area contributed by atoms with Crippen LogP contribution < -0.4 is 0 Å². The molecule has 0 saturated carbocycles. The number of nitrogens with one attached hydrogen (secondary N) is 1. The Kier molecular flexibility index (Phi) is 2.41. The zero-order valence-electron chi connectivity index (χ0n) is 12.7. The highest BCUT2D eigenvalue weighted by atomic mass is 16.7. The highest BCUT2D eigenvalue weighted by Gasteiger charge is 2.82. The smallest absolute Gasteiger partial charge is 0.218 e. The summed E-state index contributed by atoms with van der Waals surface area (Å²) in [5, 5.41) is 28.4. The molecule has 0 spiro atoms. The molecule has 1 aromatic carbocycles. The third-order valence-electron chi connectivity index (χ3n) is 5.31. The van der Waals surface area contributed by atoms with E-state index in [2.05, 4.69) is 17.1 Å². The standard InChI is InChI=1S/C17H14N4O2/c1-10-16(8-18)14-21-13(20)17(16,9-19)12(15(2,22-10)23-14)11-6-4-3-5-7-11/h3-7,10,12,20H,1-2H3/t10-,12+,15+,16+,17-/m1/s1. The lowest BCUT2D eigenvalue weighted by molar-refractivity contribution is -0.309. The van der Waals surface area contributed by atoms with Crippen LogP contribution in [0.2, 0.25) is 0 Å². The van der Waals surface area contributed by atoms with E-state index in [4.69, 9.17) is 14.9 Å². The second kappa shape index (κ2) is 3.98. The van der Waals surface area contributed by atoms with Gasteiger partial charge in [0.1, 0.15) is 5.84 Å². The van der Waals surface area contributed by atoms with Crippen LogP contribution in [0, 0.1) is 38.9 Å². The molecule has 0 aliphatic carbocycles. The summed E-state index contributed by atoms with van der Waals surface area (Å²) in [7, 11) is 0. The summed E-state index contributed by atoms with van der Waals surface area (Å²) in [6.45, 7) is 3.49. The lowest BCUT2D eigenvalue weighted by Crippen LogP contribution is -2.72. The van der Waals surface area contributed by atoms with E-state index in [1.165, 1.54) is 0 Å². The number of nitriles is 2. The zero-order chi connectivity index (χ0) is 16.5. The fourth-order valence-corrected chi connectivity index (χ4v) is 4.40. The molecule has 4 aliphatic rings. The number of benzene rings is 1. The Hall–Kier alpha value is -2.70. The summed E-state index contributed by atoms with van der Waals surface area (Å²) >= 11 is 0. The van der Waals surface area contributed by atoms with E-state index in [1.54, 1.807) is 13.8 Å². The predicted octanol–water partition coefficient (Wildman–Crippen LogP) is 2.34. The number of fused-ring (bicyclic) bond motifs is 1. The first-order valence-corrected chi connectivity index (χ1v) is 7.39. The molecule has 3 saturated heterocycles. The van der Waals surface area contributed by atoms with Gasteiger partial charge in [0, 0.05) is 6.92 Å². The van der Waals surface area contributed by atoms with E-state index in [1.807, 2.05) is 30.3 Å². The van der Waals surface area contributed by atoms with E-state index in [0.717, 1.165) is 5.56 Å². The molecule has 0 unspecified atom stereocenters. The molecule has 5 atom stereocenters. The Bertz CT molecular complexity index is 836. The second-order valence-electron chi connectivity index (χ2n) is 6.33. The minimum absolute atomic E-state index is 0.121. The van der Waals surface area contributed by atoms with Crippen molar-refractivity contribution in [2.75, 3.05) is 0 Å². The van der Waals surface area contributed by atoms with Gasteiger partial charge in [-0.1, -0.05) is 30.3 Å². The monoisotopic (exact) mass is 306 g/mol. The number of aliphatic imine (C=N–C) groups is 1. The van der Waals surface area contributed by atoms with Crippen LogP contribution in [0.25, 0.3) is 0 Å². The lowest BCUT2D eigenvalue weighted by atomic mass is 9.50.